The largest absolute Gasteiger partial charge is 0.350 e. The first kappa shape index (κ1) is 19.8. The van der Waals surface area contributed by atoms with Gasteiger partial charge in [-0.2, -0.15) is 4.98 Å². The molecule has 5 heteroatoms. The van der Waals surface area contributed by atoms with E-state index in [9.17, 15) is 4.79 Å². The molecule has 1 heterocycles. The van der Waals surface area contributed by atoms with E-state index in [2.05, 4.69) is 58.8 Å². The molecule has 0 aliphatic carbocycles. The van der Waals surface area contributed by atoms with Gasteiger partial charge in [0.05, 0.1) is 6.04 Å². The van der Waals surface area contributed by atoms with Gasteiger partial charge in [0.2, 0.25) is 17.6 Å². The van der Waals surface area contributed by atoms with E-state index >= 15 is 0 Å². The second-order valence-corrected chi connectivity index (χ2v) is 7.42. The highest BCUT2D eigenvalue weighted by Crippen LogP contribution is 2.24. The molecule has 0 spiro atoms. The van der Waals surface area contributed by atoms with Crippen molar-refractivity contribution < 1.29 is 9.32 Å². The van der Waals surface area contributed by atoms with Crippen LogP contribution in [-0.4, -0.2) is 16.0 Å². The maximum absolute atomic E-state index is 12.5. The van der Waals surface area contributed by atoms with Crippen LogP contribution in [0.25, 0.3) is 22.2 Å². The zero-order chi connectivity index (χ0) is 20.9. The quantitative estimate of drug-likeness (QED) is 0.460. The predicted octanol–water partition coefficient (Wildman–Crippen LogP) is 5.26. The highest BCUT2D eigenvalue weighted by atomic mass is 16.5. The highest BCUT2D eigenvalue weighted by molar-refractivity contribution is 5.86. The molecular weight excluding hydrogens is 374 g/mol. The average molecular weight is 399 g/mol. The lowest BCUT2D eigenvalue weighted by Crippen LogP contribution is -2.27. The molecule has 4 aromatic rings. The SMILES string of the molecule is CCc1ccc(-c2noc(CCC(=O)NC(C)c3cccc4ccccc34)n2)cc1. The maximum atomic E-state index is 12.5. The molecule has 152 valence electrons. The van der Waals surface area contributed by atoms with Gasteiger partial charge in [0.15, 0.2) is 0 Å². The van der Waals surface area contributed by atoms with E-state index in [1.54, 1.807) is 0 Å². The number of carbonyl (C=O) groups excluding carboxylic acids is 1. The predicted molar refractivity (Wildman–Crippen MR) is 118 cm³/mol. The van der Waals surface area contributed by atoms with Crippen molar-refractivity contribution in [1.29, 1.82) is 0 Å². The van der Waals surface area contributed by atoms with Gasteiger partial charge in [-0.25, -0.2) is 0 Å². The number of aromatic nitrogens is 2. The van der Waals surface area contributed by atoms with Gasteiger partial charge in [0, 0.05) is 18.4 Å². The van der Waals surface area contributed by atoms with Crippen molar-refractivity contribution in [2.24, 2.45) is 0 Å². The standard InChI is InChI=1S/C25H25N3O2/c1-3-18-11-13-20(14-12-18)25-27-24(30-28-25)16-15-23(29)26-17(2)21-10-6-8-19-7-4-5-9-22(19)21/h4-14,17H,3,15-16H2,1-2H3,(H,26,29). The Morgan fingerprint density at radius 1 is 1.03 bits per heavy atom. The topological polar surface area (TPSA) is 68.0 Å². The van der Waals surface area contributed by atoms with Gasteiger partial charge in [-0.05, 0) is 35.2 Å². The number of nitrogens with zero attached hydrogens (tertiary/aromatic N) is 2. The van der Waals surface area contributed by atoms with E-state index in [0.29, 0.717) is 24.6 Å². The first-order valence-electron chi connectivity index (χ1n) is 10.3. The molecule has 1 amide bonds. The van der Waals surface area contributed by atoms with Crippen molar-refractivity contribution in [2.45, 2.75) is 39.2 Å². The molecule has 0 radical (unpaired) electrons. The second-order valence-electron chi connectivity index (χ2n) is 7.42. The summed E-state index contributed by atoms with van der Waals surface area (Å²) in [6.45, 7) is 4.12. The van der Waals surface area contributed by atoms with Crippen molar-refractivity contribution in [3.05, 3.63) is 83.7 Å². The number of fused-ring (bicyclic) bond motifs is 1. The lowest BCUT2D eigenvalue weighted by atomic mass is 9.99. The number of nitrogens with one attached hydrogen (secondary N) is 1. The number of hydrogen-bond donors (Lipinski definition) is 1. The van der Waals surface area contributed by atoms with E-state index in [4.69, 9.17) is 4.52 Å². The third-order valence-electron chi connectivity index (χ3n) is 5.32. The van der Waals surface area contributed by atoms with Crippen molar-refractivity contribution >= 4 is 16.7 Å². The van der Waals surface area contributed by atoms with Crippen LogP contribution in [0.2, 0.25) is 0 Å². The summed E-state index contributed by atoms with van der Waals surface area (Å²) >= 11 is 0. The summed E-state index contributed by atoms with van der Waals surface area (Å²) in [7, 11) is 0. The Hall–Kier alpha value is -3.47. The first-order valence-corrected chi connectivity index (χ1v) is 10.3. The van der Waals surface area contributed by atoms with Crippen LogP contribution < -0.4 is 5.32 Å². The summed E-state index contributed by atoms with van der Waals surface area (Å²) in [5.74, 6) is 0.984. The Morgan fingerprint density at radius 3 is 2.60 bits per heavy atom. The maximum Gasteiger partial charge on any atom is 0.227 e. The Kier molecular flexibility index (Phi) is 5.89. The normalized spacial score (nSPS) is 12.1. The molecule has 0 saturated carbocycles. The number of hydrogen-bond acceptors (Lipinski definition) is 4. The average Bonchev–Trinajstić information content (AvgIpc) is 3.26. The van der Waals surface area contributed by atoms with Gasteiger partial charge in [-0.15, -0.1) is 0 Å². The third kappa shape index (κ3) is 4.40. The molecule has 0 fully saturated rings. The van der Waals surface area contributed by atoms with Crippen molar-refractivity contribution in [3.63, 3.8) is 0 Å². The van der Waals surface area contributed by atoms with E-state index in [0.717, 1.165) is 22.9 Å². The molecule has 0 bridgehead atoms. The van der Waals surface area contributed by atoms with Gasteiger partial charge in [0.1, 0.15) is 0 Å². The van der Waals surface area contributed by atoms with Crippen LogP contribution >= 0.6 is 0 Å². The number of rotatable bonds is 7. The lowest BCUT2D eigenvalue weighted by molar-refractivity contribution is -0.121. The summed E-state index contributed by atoms with van der Waals surface area (Å²) in [5, 5.41) is 9.45. The molecule has 3 aromatic carbocycles. The molecule has 1 unspecified atom stereocenters. The lowest BCUT2D eigenvalue weighted by Gasteiger charge is -2.16. The Morgan fingerprint density at radius 2 is 1.80 bits per heavy atom. The molecule has 0 saturated heterocycles. The van der Waals surface area contributed by atoms with Crippen molar-refractivity contribution in [1.82, 2.24) is 15.5 Å². The third-order valence-corrected chi connectivity index (χ3v) is 5.32. The molecule has 0 aliphatic rings. The van der Waals surface area contributed by atoms with Crippen LogP contribution in [0, 0.1) is 0 Å². The number of aryl methyl sites for hydroxylation is 2. The molecule has 4 rings (SSSR count). The van der Waals surface area contributed by atoms with Crippen LogP contribution in [0.3, 0.4) is 0 Å². The number of benzene rings is 3. The van der Waals surface area contributed by atoms with E-state index < -0.39 is 0 Å². The van der Waals surface area contributed by atoms with Gasteiger partial charge in [-0.1, -0.05) is 78.8 Å². The van der Waals surface area contributed by atoms with Gasteiger partial charge < -0.3 is 9.84 Å². The first-order chi connectivity index (χ1) is 14.6. The summed E-state index contributed by atoms with van der Waals surface area (Å²) in [6.07, 6.45) is 1.70. The zero-order valence-electron chi connectivity index (χ0n) is 17.3. The zero-order valence-corrected chi connectivity index (χ0v) is 17.3. The highest BCUT2D eigenvalue weighted by Gasteiger charge is 2.14. The minimum atomic E-state index is -0.0843. The molecule has 1 N–H and O–H groups in total. The Balaban J connectivity index is 1.36. The summed E-state index contributed by atoms with van der Waals surface area (Å²) in [5.41, 5.74) is 3.28. The van der Waals surface area contributed by atoms with Gasteiger partial charge in [0.25, 0.3) is 0 Å². The fourth-order valence-electron chi connectivity index (χ4n) is 3.60. The van der Waals surface area contributed by atoms with Crippen LogP contribution in [0.1, 0.15) is 43.3 Å². The Labute approximate surface area is 176 Å². The molecule has 0 aliphatic heterocycles. The van der Waals surface area contributed by atoms with Crippen LogP contribution in [0.15, 0.2) is 71.3 Å². The van der Waals surface area contributed by atoms with Crippen molar-refractivity contribution in [3.8, 4) is 11.4 Å². The minimum absolute atomic E-state index is 0.0394. The summed E-state index contributed by atoms with van der Waals surface area (Å²) in [4.78, 5) is 16.9. The van der Waals surface area contributed by atoms with E-state index in [-0.39, 0.29) is 11.9 Å². The molecule has 5 nitrogen and oxygen atoms in total. The number of carbonyl (C=O) groups is 1. The Bertz CT molecular complexity index is 1140. The fourth-order valence-corrected chi connectivity index (χ4v) is 3.60. The van der Waals surface area contributed by atoms with Crippen LogP contribution in [-0.2, 0) is 17.6 Å². The van der Waals surface area contributed by atoms with E-state index in [1.165, 1.54) is 10.9 Å². The summed E-state index contributed by atoms with van der Waals surface area (Å²) in [6, 6.07) is 22.4. The summed E-state index contributed by atoms with van der Waals surface area (Å²) < 4.78 is 5.33. The van der Waals surface area contributed by atoms with Gasteiger partial charge in [-0.3, -0.25) is 4.79 Å². The van der Waals surface area contributed by atoms with Gasteiger partial charge >= 0.3 is 0 Å². The molecule has 1 aromatic heterocycles. The number of amides is 1. The van der Waals surface area contributed by atoms with Crippen LogP contribution in [0.5, 0.6) is 0 Å². The smallest absolute Gasteiger partial charge is 0.227 e. The monoisotopic (exact) mass is 399 g/mol. The van der Waals surface area contributed by atoms with E-state index in [1.807, 2.05) is 37.3 Å². The molecular formula is C25H25N3O2. The van der Waals surface area contributed by atoms with Crippen molar-refractivity contribution in [2.75, 3.05) is 0 Å². The van der Waals surface area contributed by atoms with Crippen LogP contribution in [0.4, 0.5) is 0 Å². The molecule has 1 atom stereocenters. The molecule has 30 heavy (non-hydrogen) atoms. The second kappa shape index (κ2) is 8.91. The fraction of sp³-hybridized carbons (Fsp3) is 0.240. The minimum Gasteiger partial charge on any atom is -0.350 e.